The van der Waals surface area contributed by atoms with Gasteiger partial charge < -0.3 is 20.3 Å². The van der Waals surface area contributed by atoms with Crippen molar-refractivity contribution in [2.45, 2.75) is 270 Å². The monoisotopic (exact) mass is 906 g/mol. The van der Waals surface area contributed by atoms with Crippen LogP contribution in [0.3, 0.4) is 0 Å². The Morgan fingerprint density at radius 2 is 0.846 bits per heavy atom. The molecule has 0 aromatic carbocycles. The van der Waals surface area contributed by atoms with Crippen molar-refractivity contribution in [2.24, 2.45) is 0 Å². The predicted molar refractivity (Wildman–Crippen MR) is 282 cm³/mol. The maximum absolute atomic E-state index is 13.2. The van der Waals surface area contributed by atoms with E-state index in [1.807, 2.05) is 48.6 Å². The smallest absolute Gasteiger partial charge is 0.306 e. The molecule has 3 unspecified atom stereocenters. The van der Waals surface area contributed by atoms with Crippen LogP contribution in [0.5, 0.6) is 0 Å². The molecule has 0 saturated carbocycles. The molecule has 0 aliphatic carbocycles. The van der Waals surface area contributed by atoms with E-state index in [4.69, 9.17) is 4.74 Å². The molecule has 6 heteroatoms. The summed E-state index contributed by atoms with van der Waals surface area (Å²) in [5.74, 6) is -0.540. The minimum absolute atomic E-state index is 0.0455. The molecule has 0 aromatic heterocycles. The molecule has 0 aliphatic heterocycles. The number of nitrogens with one attached hydrogen (secondary N) is 1. The summed E-state index contributed by atoms with van der Waals surface area (Å²) >= 11 is 0. The molecule has 0 heterocycles. The molecule has 0 saturated heterocycles. The van der Waals surface area contributed by atoms with E-state index in [0.717, 1.165) is 83.5 Å². The van der Waals surface area contributed by atoms with Gasteiger partial charge in [-0.1, -0.05) is 254 Å². The molecule has 0 radical (unpaired) electrons. The number of esters is 1. The minimum Gasteiger partial charge on any atom is -0.462 e. The van der Waals surface area contributed by atoms with Crippen LogP contribution in [-0.2, 0) is 14.3 Å². The number of amides is 1. The lowest BCUT2D eigenvalue weighted by atomic mass is 10.0. The number of rotatable bonds is 48. The number of aliphatic hydroxyl groups is 2. The van der Waals surface area contributed by atoms with Crippen molar-refractivity contribution in [3.05, 3.63) is 85.1 Å². The van der Waals surface area contributed by atoms with Crippen LogP contribution in [0.4, 0.5) is 0 Å². The van der Waals surface area contributed by atoms with Crippen molar-refractivity contribution in [3.63, 3.8) is 0 Å². The summed E-state index contributed by atoms with van der Waals surface area (Å²) in [6, 6.07) is -0.720. The van der Waals surface area contributed by atoms with E-state index >= 15 is 0 Å². The van der Waals surface area contributed by atoms with Gasteiger partial charge in [0.2, 0.25) is 5.91 Å². The van der Waals surface area contributed by atoms with E-state index in [1.54, 1.807) is 0 Å². The van der Waals surface area contributed by atoms with Crippen LogP contribution in [0, 0.1) is 0 Å². The Morgan fingerprint density at radius 3 is 1.32 bits per heavy atom. The molecule has 1 amide bonds. The van der Waals surface area contributed by atoms with Gasteiger partial charge in [-0.3, -0.25) is 9.59 Å². The number of ether oxygens (including phenoxy) is 1. The fraction of sp³-hybridized carbons (Fsp3) is 0.729. The maximum atomic E-state index is 13.2. The van der Waals surface area contributed by atoms with E-state index in [9.17, 15) is 19.8 Å². The van der Waals surface area contributed by atoms with E-state index in [0.29, 0.717) is 19.3 Å². The second-order valence-electron chi connectivity index (χ2n) is 18.4. The van der Waals surface area contributed by atoms with Crippen molar-refractivity contribution >= 4 is 11.9 Å². The average Bonchev–Trinajstić information content (AvgIpc) is 3.30. The third kappa shape index (κ3) is 47.3. The van der Waals surface area contributed by atoms with Crippen LogP contribution in [0.25, 0.3) is 0 Å². The SMILES string of the molecule is CC\C=C/C=C/C=C/C=C\C=C\C=C\CCCCCC(=O)OC(CCCCC/C=C/CCCCCCCCCCC)CC(=O)NC(CO)C(O)CCCCCCCCCCCCCCC. The fourth-order valence-corrected chi connectivity index (χ4v) is 7.99. The predicted octanol–water partition coefficient (Wildman–Crippen LogP) is 16.7. The Kier molecular flexibility index (Phi) is 49.6. The van der Waals surface area contributed by atoms with E-state index in [1.165, 1.54) is 122 Å². The molecular weight excluding hydrogens is 803 g/mol. The minimum atomic E-state index is -0.804. The fourth-order valence-electron chi connectivity index (χ4n) is 7.99. The zero-order valence-electron chi connectivity index (χ0n) is 42.6. The van der Waals surface area contributed by atoms with E-state index in [-0.39, 0.29) is 24.9 Å². The Labute approximate surface area is 402 Å². The van der Waals surface area contributed by atoms with Gasteiger partial charge in [-0.25, -0.2) is 0 Å². The summed E-state index contributed by atoms with van der Waals surface area (Å²) in [6.45, 7) is 6.33. The molecule has 0 aromatic rings. The van der Waals surface area contributed by atoms with Crippen LogP contribution in [0.15, 0.2) is 85.1 Å². The van der Waals surface area contributed by atoms with Crippen LogP contribution in [0.1, 0.15) is 252 Å². The van der Waals surface area contributed by atoms with Crippen molar-refractivity contribution in [1.29, 1.82) is 0 Å². The highest BCUT2D eigenvalue weighted by atomic mass is 16.5. The van der Waals surface area contributed by atoms with Gasteiger partial charge in [0.05, 0.1) is 25.2 Å². The molecule has 0 aliphatic rings. The first-order chi connectivity index (χ1) is 32.0. The Bertz CT molecular complexity index is 1250. The zero-order valence-corrected chi connectivity index (χ0v) is 42.6. The third-order valence-electron chi connectivity index (χ3n) is 12.1. The number of aliphatic hydroxyl groups excluding tert-OH is 2. The number of allylic oxidation sites excluding steroid dienone is 14. The highest BCUT2D eigenvalue weighted by Gasteiger charge is 2.24. The molecule has 0 fully saturated rings. The van der Waals surface area contributed by atoms with Crippen molar-refractivity contribution in [2.75, 3.05) is 6.61 Å². The summed E-state index contributed by atoms with van der Waals surface area (Å²) in [7, 11) is 0. The molecule has 3 N–H and O–H groups in total. The highest BCUT2D eigenvalue weighted by Crippen LogP contribution is 2.17. The van der Waals surface area contributed by atoms with E-state index < -0.39 is 18.2 Å². The van der Waals surface area contributed by atoms with Crippen LogP contribution < -0.4 is 5.32 Å². The lowest BCUT2D eigenvalue weighted by Gasteiger charge is -2.24. The first-order valence-electron chi connectivity index (χ1n) is 27.4. The maximum Gasteiger partial charge on any atom is 0.306 e. The third-order valence-corrected chi connectivity index (χ3v) is 12.1. The summed E-state index contributed by atoms with van der Waals surface area (Å²) in [5, 5.41) is 23.8. The van der Waals surface area contributed by atoms with Crippen molar-refractivity contribution in [3.8, 4) is 0 Å². The van der Waals surface area contributed by atoms with Crippen molar-refractivity contribution in [1.82, 2.24) is 5.32 Å². The molecule has 65 heavy (non-hydrogen) atoms. The topological polar surface area (TPSA) is 95.9 Å². The standard InChI is InChI=1S/C59H103NO5/c1-4-7-10-13-16-19-22-25-27-29-31-34-37-40-43-46-49-52-59(64)65-55(50-47-44-41-38-35-33-30-28-26-23-20-17-14-11-8-5-2)53-58(63)60-56(54-61)57(62)51-48-45-42-39-36-32-24-21-18-15-12-9-6-3/h7,10,13,16,19,22,25,27,29,31,33-35,37,55-57,61-62H,4-6,8-9,11-12,14-15,17-18,20-21,23-24,26,28,30,32,36,38-54H2,1-3H3,(H,60,63)/b10-7-,16-13+,22-19+,27-25-,31-29+,35-33+,37-34+. The van der Waals surface area contributed by atoms with Crippen molar-refractivity contribution < 1.29 is 24.5 Å². The molecule has 6 nitrogen and oxygen atoms in total. The molecule has 3 atom stereocenters. The molecule has 374 valence electrons. The Morgan fingerprint density at radius 1 is 0.462 bits per heavy atom. The Balaban J connectivity index is 4.71. The van der Waals surface area contributed by atoms with Crippen LogP contribution in [-0.4, -0.2) is 46.9 Å². The average molecular weight is 906 g/mol. The molecule has 0 bridgehead atoms. The largest absolute Gasteiger partial charge is 0.462 e. The summed E-state index contributed by atoms with van der Waals surface area (Å²) < 4.78 is 5.92. The van der Waals surface area contributed by atoms with Gasteiger partial charge in [0, 0.05) is 6.42 Å². The first kappa shape index (κ1) is 62.0. The lowest BCUT2D eigenvalue weighted by Crippen LogP contribution is -2.46. The van der Waals surface area contributed by atoms with Gasteiger partial charge in [0.15, 0.2) is 0 Å². The normalized spacial score (nSPS) is 13.9. The second-order valence-corrected chi connectivity index (χ2v) is 18.4. The van der Waals surface area contributed by atoms with Gasteiger partial charge in [-0.2, -0.15) is 0 Å². The molecular formula is C59H103NO5. The number of hydrogen-bond acceptors (Lipinski definition) is 5. The van der Waals surface area contributed by atoms with Gasteiger partial charge in [-0.15, -0.1) is 0 Å². The van der Waals surface area contributed by atoms with E-state index in [2.05, 4.69) is 62.5 Å². The number of carbonyl (C=O) groups is 2. The molecule has 0 rings (SSSR count). The second kappa shape index (κ2) is 52.0. The summed E-state index contributed by atoms with van der Waals surface area (Å²) in [5.41, 5.74) is 0. The van der Waals surface area contributed by atoms with Crippen LogP contribution in [0.2, 0.25) is 0 Å². The van der Waals surface area contributed by atoms with Gasteiger partial charge >= 0.3 is 5.97 Å². The van der Waals surface area contributed by atoms with Gasteiger partial charge in [-0.05, 0) is 70.6 Å². The first-order valence-corrected chi connectivity index (χ1v) is 27.4. The highest BCUT2D eigenvalue weighted by molar-refractivity contribution is 5.77. The Hall–Kier alpha value is -2.96. The van der Waals surface area contributed by atoms with Crippen LogP contribution >= 0.6 is 0 Å². The number of hydrogen-bond donors (Lipinski definition) is 3. The summed E-state index contributed by atoms with van der Waals surface area (Å²) in [4.78, 5) is 26.2. The quantitative estimate of drug-likeness (QED) is 0.0245. The van der Waals surface area contributed by atoms with Gasteiger partial charge in [0.1, 0.15) is 6.10 Å². The number of unbranched alkanes of at least 4 members (excludes halogenated alkanes) is 27. The zero-order chi connectivity index (χ0) is 47.4. The summed E-state index contributed by atoms with van der Waals surface area (Å²) in [6.07, 6.45) is 67.8. The number of carbonyl (C=O) groups excluding carboxylic acids is 2. The van der Waals surface area contributed by atoms with Gasteiger partial charge in [0.25, 0.3) is 0 Å². The lowest BCUT2D eigenvalue weighted by molar-refractivity contribution is -0.151. The molecule has 0 spiro atoms.